The second-order valence-corrected chi connectivity index (χ2v) is 8.50. The third-order valence-corrected chi connectivity index (χ3v) is 5.40. The van der Waals surface area contributed by atoms with Crippen LogP contribution in [0, 0.1) is 5.82 Å². The Labute approximate surface area is 198 Å². The predicted octanol–water partition coefficient (Wildman–Crippen LogP) is 5.20. The summed E-state index contributed by atoms with van der Waals surface area (Å²) in [6.45, 7) is 2.88. The first-order valence-electron chi connectivity index (χ1n) is 10.3. The lowest BCUT2D eigenvalue weighted by atomic mass is 9.74. The number of alkyl halides is 3. The zero-order valence-electron chi connectivity index (χ0n) is 19.1. The molecule has 0 spiro atoms. The fourth-order valence-electron chi connectivity index (χ4n) is 3.77. The van der Waals surface area contributed by atoms with Crippen LogP contribution in [0.5, 0.6) is 11.6 Å². The zero-order valence-corrected chi connectivity index (χ0v) is 19.1. The van der Waals surface area contributed by atoms with Gasteiger partial charge in [-0.15, -0.1) is 0 Å². The van der Waals surface area contributed by atoms with Crippen molar-refractivity contribution in [1.82, 2.24) is 4.98 Å². The van der Waals surface area contributed by atoms with Crippen LogP contribution in [0.3, 0.4) is 0 Å². The van der Waals surface area contributed by atoms with Crippen molar-refractivity contribution >= 4 is 28.9 Å². The highest BCUT2D eigenvalue weighted by Crippen LogP contribution is 2.43. The maximum absolute atomic E-state index is 14.1. The molecule has 7 nitrogen and oxygen atoms in total. The molecular weight excluding hydrogens is 470 g/mol. The number of aliphatic hydroxyl groups is 1. The minimum atomic E-state index is -5.10. The second-order valence-electron chi connectivity index (χ2n) is 8.50. The third kappa shape index (κ3) is 5.68. The average molecular weight is 493 g/mol. The van der Waals surface area contributed by atoms with E-state index in [2.05, 4.69) is 9.98 Å². The Morgan fingerprint density at radius 1 is 1.17 bits per heavy atom. The number of methoxy groups -OCH3 is 1. The molecule has 35 heavy (non-hydrogen) atoms. The first-order chi connectivity index (χ1) is 16.3. The van der Waals surface area contributed by atoms with Gasteiger partial charge in [-0.05, 0) is 48.2 Å². The Morgan fingerprint density at radius 2 is 1.89 bits per heavy atom. The molecule has 186 valence electrons. The van der Waals surface area contributed by atoms with Gasteiger partial charge in [0.05, 0.1) is 18.3 Å². The van der Waals surface area contributed by atoms with Crippen LogP contribution in [0.2, 0.25) is 0 Å². The number of ether oxygens (including phenoxy) is 2. The van der Waals surface area contributed by atoms with E-state index in [1.54, 1.807) is 0 Å². The SMILES string of the molecule is COc1ccc(F)cc1C(C)(C)CC(O)(C=Nc1cccc2nc(OC(N)=O)ccc12)C(F)(F)F. The molecule has 0 saturated heterocycles. The standard InChI is InChI=1S/C24H23F4N3O4/c1-22(2,16-11-14(25)7-9-19(16)34-3)12-23(33,24(26,27)28)13-30-17-5-4-6-18-15(17)8-10-20(31-18)35-21(29)32/h4-11,13,33H,12H2,1-3H3,(H2,29,32). The van der Waals surface area contributed by atoms with Crippen molar-refractivity contribution in [3.63, 3.8) is 0 Å². The number of aromatic nitrogens is 1. The van der Waals surface area contributed by atoms with E-state index in [1.165, 1.54) is 57.4 Å². The summed E-state index contributed by atoms with van der Waals surface area (Å²) in [4.78, 5) is 18.9. The average Bonchev–Trinajstić information content (AvgIpc) is 2.76. The van der Waals surface area contributed by atoms with Gasteiger partial charge in [-0.3, -0.25) is 4.99 Å². The molecule has 0 bridgehead atoms. The molecule has 2 aromatic carbocycles. The monoisotopic (exact) mass is 493 g/mol. The number of pyridine rings is 1. The highest BCUT2D eigenvalue weighted by molar-refractivity contribution is 5.92. The van der Waals surface area contributed by atoms with Gasteiger partial charge in [0, 0.05) is 23.2 Å². The van der Waals surface area contributed by atoms with Gasteiger partial charge in [0.1, 0.15) is 11.6 Å². The van der Waals surface area contributed by atoms with E-state index in [-0.39, 0.29) is 28.4 Å². The lowest BCUT2D eigenvalue weighted by Crippen LogP contribution is -2.50. The number of nitrogens with two attached hydrogens (primary N) is 1. The lowest BCUT2D eigenvalue weighted by molar-refractivity contribution is -0.234. The van der Waals surface area contributed by atoms with Crippen LogP contribution >= 0.6 is 0 Å². The first kappa shape index (κ1) is 25.9. The number of carbonyl (C=O) groups excluding carboxylic acids is 1. The largest absolute Gasteiger partial charge is 0.496 e. The molecule has 3 rings (SSSR count). The lowest BCUT2D eigenvalue weighted by Gasteiger charge is -2.36. The molecule has 1 amide bonds. The quantitative estimate of drug-likeness (QED) is 0.347. The number of hydrogen-bond acceptors (Lipinski definition) is 6. The van der Waals surface area contributed by atoms with Crippen molar-refractivity contribution < 1.29 is 36.9 Å². The topological polar surface area (TPSA) is 107 Å². The highest BCUT2D eigenvalue weighted by atomic mass is 19.4. The summed E-state index contributed by atoms with van der Waals surface area (Å²) < 4.78 is 66.0. The maximum Gasteiger partial charge on any atom is 0.422 e. The van der Waals surface area contributed by atoms with E-state index in [0.717, 1.165) is 12.1 Å². The van der Waals surface area contributed by atoms with Crippen LogP contribution in [0.1, 0.15) is 25.8 Å². The van der Waals surface area contributed by atoms with Gasteiger partial charge in [0.25, 0.3) is 0 Å². The van der Waals surface area contributed by atoms with Crippen LogP contribution in [0.25, 0.3) is 10.9 Å². The van der Waals surface area contributed by atoms with Crippen molar-refractivity contribution in [3.05, 3.63) is 59.9 Å². The maximum atomic E-state index is 14.1. The highest BCUT2D eigenvalue weighted by Gasteiger charge is 2.55. The van der Waals surface area contributed by atoms with Crippen molar-refractivity contribution in [2.24, 2.45) is 10.7 Å². The van der Waals surface area contributed by atoms with E-state index in [0.29, 0.717) is 11.6 Å². The van der Waals surface area contributed by atoms with E-state index in [1.807, 2.05) is 0 Å². The molecule has 0 fully saturated rings. The molecule has 0 saturated carbocycles. The number of carbonyl (C=O) groups is 1. The smallest absolute Gasteiger partial charge is 0.422 e. The summed E-state index contributed by atoms with van der Waals surface area (Å²) in [5.74, 6) is -0.559. The normalized spacial score (nSPS) is 14.2. The zero-order chi connectivity index (χ0) is 26.0. The van der Waals surface area contributed by atoms with Gasteiger partial charge in [0.2, 0.25) is 5.88 Å². The Hall–Kier alpha value is -3.73. The Kier molecular flexibility index (Phi) is 7.02. The molecular formula is C24H23F4N3O4. The summed E-state index contributed by atoms with van der Waals surface area (Å²) in [6, 6.07) is 10.7. The number of hydrogen-bond donors (Lipinski definition) is 2. The number of rotatable bonds is 7. The number of nitrogens with zero attached hydrogens (tertiary/aromatic N) is 2. The van der Waals surface area contributed by atoms with Gasteiger partial charge in [-0.1, -0.05) is 19.9 Å². The fraction of sp³-hybridized carbons (Fsp3) is 0.292. The Morgan fingerprint density at radius 3 is 2.51 bits per heavy atom. The fourth-order valence-corrected chi connectivity index (χ4v) is 3.77. The second kappa shape index (κ2) is 9.49. The predicted molar refractivity (Wildman–Crippen MR) is 122 cm³/mol. The third-order valence-electron chi connectivity index (χ3n) is 5.40. The summed E-state index contributed by atoms with van der Waals surface area (Å²) in [5.41, 5.74) is 0.757. The minimum Gasteiger partial charge on any atom is -0.496 e. The molecule has 0 aliphatic carbocycles. The number of halogens is 4. The molecule has 1 heterocycles. The van der Waals surface area contributed by atoms with Crippen LogP contribution < -0.4 is 15.2 Å². The molecule has 1 aromatic heterocycles. The van der Waals surface area contributed by atoms with Gasteiger partial charge < -0.3 is 20.3 Å². The molecule has 3 aromatic rings. The van der Waals surface area contributed by atoms with E-state index < -0.39 is 35.5 Å². The number of fused-ring (bicyclic) bond motifs is 1. The first-order valence-corrected chi connectivity index (χ1v) is 10.3. The van der Waals surface area contributed by atoms with E-state index in [9.17, 15) is 27.5 Å². The van der Waals surface area contributed by atoms with Crippen LogP contribution in [-0.4, -0.2) is 41.3 Å². The molecule has 0 aliphatic heterocycles. The minimum absolute atomic E-state index is 0.0874. The molecule has 3 N–H and O–H groups in total. The number of amides is 1. The van der Waals surface area contributed by atoms with Crippen LogP contribution in [-0.2, 0) is 5.41 Å². The summed E-state index contributed by atoms with van der Waals surface area (Å²) in [7, 11) is 1.32. The number of aliphatic imine (C=N–C) groups is 1. The number of primary amides is 1. The molecule has 1 atom stereocenters. The van der Waals surface area contributed by atoms with Gasteiger partial charge in [-0.25, -0.2) is 14.2 Å². The molecule has 1 unspecified atom stereocenters. The van der Waals surface area contributed by atoms with Crippen molar-refractivity contribution in [2.75, 3.05) is 7.11 Å². The Balaban J connectivity index is 2.02. The Bertz CT molecular complexity index is 1280. The van der Waals surface area contributed by atoms with Crippen molar-refractivity contribution in [1.29, 1.82) is 0 Å². The molecule has 0 radical (unpaired) electrons. The van der Waals surface area contributed by atoms with E-state index >= 15 is 0 Å². The summed E-state index contributed by atoms with van der Waals surface area (Å²) >= 11 is 0. The van der Waals surface area contributed by atoms with Crippen LogP contribution in [0.15, 0.2) is 53.5 Å². The van der Waals surface area contributed by atoms with Gasteiger partial charge in [0.15, 0.2) is 5.60 Å². The summed E-state index contributed by atoms with van der Waals surface area (Å²) in [6.07, 6.45) is -6.62. The van der Waals surface area contributed by atoms with Gasteiger partial charge >= 0.3 is 12.3 Å². The molecule has 0 aliphatic rings. The van der Waals surface area contributed by atoms with Crippen molar-refractivity contribution in [3.8, 4) is 11.6 Å². The summed E-state index contributed by atoms with van der Waals surface area (Å²) in [5, 5.41) is 11.1. The van der Waals surface area contributed by atoms with Crippen molar-refractivity contribution in [2.45, 2.75) is 37.5 Å². The van der Waals surface area contributed by atoms with Gasteiger partial charge in [-0.2, -0.15) is 13.2 Å². The number of benzene rings is 2. The van der Waals surface area contributed by atoms with Crippen LogP contribution in [0.4, 0.5) is 28.0 Å². The molecule has 11 heteroatoms. The van der Waals surface area contributed by atoms with E-state index in [4.69, 9.17) is 15.2 Å².